The number of aliphatic carboxylic acids is 2. The Hall–Kier alpha value is -2.37. The number of nitrogens with zero attached hydrogens (tertiary/aromatic N) is 1. The SMILES string of the molecule is CC(/C=[N+](\O)C(C)(CCC(=O)O)CCC(=O)O)c1ccccc1. The second-order valence-electron chi connectivity index (χ2n) is 5.98. The Labute approximate surface area is 135 Å². The van der Waals surface area contributed by atoms with E-state index in [-0.39, 0.29) is 31.6 Å². The number of benzene rings is 1. The van der Waals surface area contributed by atoms with Crippen LogP contribution in [0.3, 0.4) is 0 Å². The third kappa shape index (κ3) is 6.10. The summed E-state index contributed by atoms with van der Waals surface area (Å²) in [5.74, 6) is -2.04. The second-order valence-corrected chi connectivity index (χ2v) is 5.98. The van der Waals surface area contributed by atoms with Crippen LogP contribution in [0.4, 0.5) is 0 Å². The molecule has 23 heavy (non-hydrogen) atoms. The van der Waals surface area contributed by atoms with Gasteiger partial charge < -0.3 is 10.2 Å². The average molecular weight is 322 g/mol. The van der Waals surface area contributed by atoms with Gasteiger partial charge in [-0.3, -0.25) is 14.8 Å². The van der Waals surface area contributed by atoms with E-state index in [0.717, 1.165) is 10.3 Å². The van der Waals surface area contributed by atoms with Crippen molar-refractivity contribution in [2.45, 2.75) is 51.0 Å². The van der Waals surface area contributed by atoms with Crippen LogP contribution in [0.1, 0.15) is 51.0 Å². The van der Waals surface area contributed by atoms with Gasteiger partial charge in [-0.1, -0.05) is 30.3 Å². The van der Waals surface area contributed by atoms with Gasteiger partial charge in [0, 0.05) is 19.8 Å². The van der Waals surface area contributed by atoms with Gasteiger partial charge in [-0.15, -0.1) is 0 Å². The fraction of sp³-hybridized carbons (Fsp3) is 0.471. The van der Waals surface area contributed by atoms with Crippen LogP contribution in [0.15, 0.2) is 30.3 Å². The molecule has 126 valence electrons. The highest BCUT2D eigenvalue weighted by Crippen LogP contribution is 2.24. The van der Waals surface area contributed by atoms with Crippen LogP contribution in [-0.4, -0.2) is 43.9 Å². The molecule has 6 nitrogen and oxygen atoms in total. The lowest BCUT2D eigenvalue weighted by Crippen LogP contribution is -2.40. The summed E-state index contributed by atoms with van der Waals surface area (Å²) >= 11 is 0. The summed E-state index contributed by atoms with van der Waals surface area (Å²) in [6.07, 6.45) is 1.63. The molecule has 1 aromatic carbocycles. The maximum atomic E-state index is 10.8. The summed E-state index contributed by atoms with van der Waals surface area (Å²) < 4.78 is 0.983. The molecule has 0 heterocycles. The number of carbonyl (C=O) groups is 2. The molecule has 0 aliphatic rings. The third-order valence-electron chi connectivity index (χ3n) is 4.00. The molecule has 1 rings (SSSR count). The van der Waals surface area contributed by atoms with Crippen molar-refractivity contribution in [3.05, 3.63) is 35.9 Å². The van der Waals surface area contributed by atoms with E-state index in [0.29, 0.717) is 0 Å². The molecule has 3 N–H and O–H groups in total. The number of carboxylic acids is 2. The van der Waals surface area contributed by atoms with Crippen molar-refractivity contribution in [2.24, 2.45) is 0 Å². The van der Waals surface area contributed by atoms with E-state index < -0.39 is 17.5 Å². The molecule has 0 spiro atoms. The van der Waals surface area contributed by atoms with Gasteiger partial charge in [0.2, 0.25) is 5.54 Å². The van der Waals surface area contributed by atoms with Gasteiger partial charge in [0.1, 0.15) is 0 Å². The van der Waals surface area contributed by atoms with E-state index in [2.05, 4.69) is 0 Å². The van der Waals surface area contributed by atoms with Crippen molar-refractivity contribution in [1.82, 2.24) is 0 Å². The van der Waals surface area contributed by atoms with E-state index in [9.17, 15) is 14.8 Å². The summed E-state index contributed by atoms with van der Waals surface area (Å²) in [5.41, 5.74) is 0.0603. The van der Waals surface area contributed by atoms with Gasteiger partial charge in [0.05, 0.1) is 18.8 Å². The highest BCUT2D eigenvalue weighted by Gasteiger charge is 2.38. The smallest absolute Gasteiger partial charge is 0.303 e. The van der Waals surface area contributed by atoms with Crippen LogP contribution in [0, 0.1) is 0 Å². The summed E-state index contributed by atoms with van der Waals surface area (Å²) in [4.78, 5) is 21.6. The summed E-state index contributed by atoms with van der Waals surface area (Å²) in [7, 11) is 0. The normalized spacial score (nSPS) is 13.6. The van der Waals surface area contributed by atoms with Gasteiger partial charge in [0.15, 0.2) is 6.21 Å². The first-order valence-electron chi connectivity index (χ1n) is 7.56. The number of rotatable bonds is 9. The van der Waals surface area contributed by atoms with E-state index in [1.54, 1.807) is 13.1 Å². The first-order chi connectivity index (χ1) is 10.7. The zero-order chi connectivity index (χ0) is 17.5. The van der Waals surface area contributed by atoms with Crippen molar-refractivity contribution in [2.75, 3.05) is 0 Å². The molecule has 0 saturated carbocycles. The number of carboxylic acid groups (broad SMARTS) is 2. The van der Waals surface area contributed by atoms with E-state index in [1.807, 2.05) is 37.3 Å². The molecular weight excluding hydrogens is 298 g/mol. The van der Waals surface area contributed by atoms with Crippen molar-refractivity contribution in [3.63, 3.8) is 0 Å². The molecule has 0 aliphatic carbocycles. The maximum Gasteiger partial charge on any atom is 0.303 e. The molecule has 0 amide bonds. The van der Waals surface area contributed by atoms with Crippen LogP contribution in [0.25, 0.3) is 0 Å². The minimum absolute atomic E-state index is 0.0878. The first kappa shape index (κ1) is 18.7. The first-order valence-corrected chi connectivity index (χ1v) is 7.56. The molecule has 1 atom stereocenters. The maximum absolute atomic E-state index is 10.8. The largest absolute Gasteiger partial charge is 0.481 e. The Morgan fingerprint density at radius 2 is 1.61 bits per heavy atom. The van der Waals surface area contributed by atoms with Crippen LogP contribution >= 0.6 is 0 Å². The molecular formula is C17H24NO5+. The molecule has 1 unspecified atom stereocenters. The summed E-state index contributed by atoms with van der Waals surface area (Å²) in [6, 6.07) is 9.56. The predicted octanol–water partition coefficient (Wildman–Crippen LogP) is 2.75. The summed E-state index contributed by atoms with van der Waals surface area (Å²) in [5, 5.41) is 28.2. The molecule has 6 heteroatoms. The lowest BCUT2D eigenvalue weighted by atomic mass is 9.90. The van der Waals surface area contributed by atoms with Crippen LogP contribution in [0.2, 0.25) is 0 Å². The Kier molecular flexibility index (Phi) is 6.75. The zero-order valence-corrected chi connectivity index (χ0v) is 13.5. The average Bonchev–Trinajstić information content (AvgIpc) is 2.51. The minimum atomic E-state index is -0.976. The fourth-order valence-electron chi connectivity index (χ4n) is 2.34. The van der Waals surface area contributed by atoms with Crippen molar-refractivity contribution >= 4 is 18.2 Å². The monoisotopic (exact) mass is 322 g/mol. The number of hydrogen-bond acceptors (Lipinski definition) is 3. The van der Waals surface area contributed by atoms with Gasteiger partial charge >= 0.3 is 11.9 Å². The highest BCUT2D eigenvalue weighted by molar-refractivity contribution is 5.68. The zero-order valence-electron chi connectivity index (χ0n) is 13.5. The van der Waals surface area contributed by atoms with Crippen LogP contribution in [0.5, 0.6) is 0 Å². The lowest BCUT2D eigenvalue weighted by Gasteiger charge is -2.21. The van der Waals surface area contributed by atoms with Crippen molar-refractivity contribution in [3.8, 4) is 0 Å². The van der Waals surface area contributed by atoms with Gasteiger partial charge in [0.25, 0.3) is 0 Å². The van der Waals surface area contributed by atoms with Crippen molar-refractivity contribution < 1.29 is 29.7 Å². The number of hydrogen-bond donors (Lipinski definition) is 3. The molecule has 0 saturated heterocycles. The topological polar surface area (TPSA) is 97.8 Å². The standard InChI is InChI=1S/C17H23NO5/c1-13(14-6-4-3-5-7-14)12-18(23)17(2,10-8-15(19)20)11-9-16(21)22/h3-7,12-13H,8-11H2,1-2H3,(H2-,19,20,21,22,23)/p+1/b18-12-. The predicted molar refractivity (Wildman–Crippen MR) is 85.1 cm³/mol. The summed E-state index contributed by atoms with van der Waals surface area (Å²) in [6.45, 7) is 3.58. The molecule has 0 aromatic heterocycles. The molecule has 0 fully saturated rings. The van der Waals surface area contributed by atoms with E-state index in [1.165, 1.54) is 0 Å². The van der Waals surface area contributed by atoms with Crippen LogP contribution in [-0.2, 0) is 9.59 Å². The molecule has 1 aromatic rings. The molecule has 0 aliphatic heterocycles. The van der Waals surface area contributed by atoms with Crippen LogP contribution < -0.4 is 0 Å². The second kappa shape index (κ2) is 8.31. The minimum Gasteiger partial charge on any atom is -0.481 e. The fourth-order valence-corrected chi connectivity index (χ4v) is 2.34. The quantitative estimate of drug-likeness (QED) is 0.281. The Morgan fingerprint density at radius 1 is 1.13 bits per heavy atom. The van der Waals surface area contributed by atoms with Crippen molar-refractivity contribution in [1.29, 1.82) is 0 Å². The Morgan fingerprint density at radius 3 is 2.04 bits per heavy atom. The number of hydroxylamine groups is 1. The highest BCUT2D eigenvalue weighted by atomic mass is 16.5. The Balaban J connectivity index is 2.96. The Bertz CT molecular complexity index is 550. The van der Waals surface area contributed by atoms with Gasteiger partial charge in [-0.2, -0.15) is 0 Å². The van der Waals surface area contributed by atoms with E-state index in [4.69, 9.17) is 10.2 Å². The van der Waals surface area contributed by atoms with Gasteiger partial charge in [-0.25, -0.2) is 0 Å². The third-order valence-corrected chi connectivity index (χ3v) is 4.00. The van der Waals surface area contributed by atoms with Gasteiger partial charge in [-0.05, 0) is 17.2 Å². The lowest BCUT2D eigenvalue weighted by molar-refractivity contribution is -0.823. The van der Waals surface area contributed by atoms with E-state index >= 15 is 0 Å². The molecule has 0 radical (unpaired) electrons. The molecule has 0 bridgehead atoms.